The normalized spacial score (nSPS) is 19.2. The Morgan fingerprint density at radius 1 is 1.33 bits per heavy atom. The molecule has 1 aliphatic heterocycles. The second kappa shape index (κ2) is 4.16. The van der Waals surface area contributed by atoms with Crippen molar-refractivity contribution < 1.29 is 17.9 Å². The molecule has 0 aromatic heterocycles. The minimum Gasteiger partial charge on any atom is -0.487 e. The molecule has 1 aromatic rings. The highest BCUT2D eigenvalue weighted by Gasteiger charge is 2.43. The fourth-order valence-electron chi connectivity index (χ4n) is 2.36. The molecular formula is C13H16F3NO. The molecule has 2 rings (SSSR count). The smallest absolute Gasteiger partial charge is 0.408 e. The molecule has 0 amide bonds. The van der Waals surface area contributed by atoms with Crippen LogP contribution in [0.25, 0.3) is 0 Å². The van der Waals surface area contributed by atoms with Crippen LogP contribution in [0.5, 0.6) is 5.75 Å². The van der Waals surface area contributed by atoms with Gasteiger partial charge in [-0.1, -0.05) is 18.2 Å². The number of fused-ring (bicyclic) bond motifs is 1. The van der Waals surface area contributed by atoms with Crippen molar-refractivity contribution in [2.45, 2.75) is 38.1 Å². The lowest BCUT2D eigenvalue weighted by molar-refractivity contribution is -0.156. The maximum Gasteiger partial charge on any atom is 0.408 e. The van der Waals surface area contributed by atoms with Crippen molar-refractivity contribution in [3.05, 3.63) is 29.3 Å². The molecule has 100 valence electrons. The van der Waals surface area contributed by atoms with Gasteiger partial charge in [-0.15, -0.1) is 0 Å². The maximum atomic E-state index is 12.9. The van der Waals surface area contributed by atoms with Gasteiger partial charge in [0.15, 0.2) is 0 Å². The molecular weight excluding hydrogens is 243 g/mol. The number of hydrogen-bond acceptors (Lipinski definition) is 2. The summed E-state index contributed by atoms with van der Waals surface area (Å²) in [6.45, 7) is 3.75. The molecule has 0 bridgehead atoms. The summed E-state index contributed by atoms with van der Waals surface area (Å²) in [6, 6.07) is 3.24. The van der Waals surface area contributed by atoms with Crippen molar-refractivity contribution in [3.8, 4) is 5.75 Å². The monoisotopic (exact) mass is 259 g/mol. The summed E-state index contributed by atoms with van der Waals surface area (Å²) in [6.07, 6.45) is -3.70. The van der Waals surface area contributed by atoms with Crippen LogP contribution in [0.4, 0.5) is 13.2 Å². The van der Waals surface area contributed by atoms with E-state index in [1.807, 2.05) is 19.9 Å². The predicted octanol–water partition coefficient (Wildman–Crippen LogP) is 3.22. The van der Waals surface area contributed by atoms with Crippen LogP contribution in [-0.2, 0) is 6.42 Å². The predicted molar refractivity (Wildman–Crippen MR) is 62.7 cm³/mol. The molecule has 0 saturated heterocycles. The van der Waals surface area contributed by atoms with Crippen LogP contribution in [0.2, 0.25) is 0 Å². The zero-order valence-electron chi connectivity index (χ0n) is 10.6. The van der Waals surface area contributed by atoms with Crippen LogP contribution in [0, 0.1) is 0 Å². The van der Waals surface area contributed by atoms with Crippen LogP contribution in [-0.4, -0.2) is 18.8 Å². The van der Waals surface area contributed by atoms with E-state index in [0.717, 1.165) is 5.56 Å². The third-order valence-corrected chi connectivity index (χ3v) is 3.05. The van der Waals surface area contributed by atoms with E-state index >= 15 is 0 Å². The molecule has 0 spiro atoms. The van der Waals surface area contributed by atoms with E-state index in [1.165, 1.54) is 13.1 Å². The van der Waals surface area contributed by atoms with Crippen molar-refractivity contribution in [2.75, 3.05) is 7.05 Å². The lowest BCUT2D eigenvalue weighted by atomic mass is 9.98. The summed E-state index contributed by atoms with van der Waals surface area (Å²) in [5.74, 6) is 0.374. The van der Waals surface area contributed by atoms with E-state index in [2.05, 4.69) is 5.32 Å². The van der Waals surface area contributed by atoms with Gasteiger partial charge in [0.2, 0.25) is 0 Å². The molecule has 1 heterocycles. The summed E-state index contributed by atoms with van der Waals surface area (Å²) in [4.78, 5) is 0. The quantitative estimate of drug-likeness (QED) is 0.880. The molecule has 1 aliphatic rings. The average Bonchev–Trinajstić information content (AvgIpc) is 2.51. The highest BCUT2D eigenvalue weighted by molar-refractivity contribution is 5.47. The summed E-state index contributed by atoms with van der Waals surface area (Å²) in [5, 5.41) is 2.31. The summed E-state index contributed by atoms with van der Waals surface area (Å²) >= 11 is 0. The highest BCUT2D eigenvalue weighted by Crippen LogP contribution is 2.43. The van der Waals surface area contributed by atoms with Gasteiger partial charge < -0.3 is 10.1 Å². The van der Waals surface area contributed by atoms with Gasteiger partial charge in [0.25, 0.3) is 0 Å². The van der Waals surface area contributed by atoms with Crippen molar-refractivity contribution in [2.24, 2.45) is 0 Å². The first-order valence-electron chi connectivity index (χ1n) is 5.79. The van der Waals surface area contributed by atoms with Gasteiger partial charge >= 0.3 is 6.18 Å². The van der Waals surface area contributed by atoms with E-state index < -0.39 is 17.8 Å². The standard InChI is InChI=1S/C13H16F3NO/c1-12(2)7-8-5-4-6-9(10(8)18-12)11(17-3)13(14,15)16/h4-6,11,17H,7H2,1-3H3. The molecule has 1 unspecified atom stereocenters. The number of rotatable bonds is 2. The van der Waals surface area contributed by atoms with Gasteiger partial charge in [-0.05, 0) is 26.5 Å². The van der Waals surface area contributed by atoms with Crippen LogP contribution in [0.1, 0.15) is 31.0 Å². The van der Waals surface area contributed by atoms with E-state index in [0.29, 0.717) is 12.2 Å². The Labute approximate surface area is 104 Å². The Balaban J connectivity index is 2.46. The van der Waals surface area contributed by atoms with Crippen LogP contribution >= 0.6 is 0 Å². The molecule has 1 aromatic carbocycles. The summed E-state index contributed by atoms with van der Waals surface area (Å²) in [5.41, 5.74) is 0.553. The number of nitrogens with one attached hydrogen (secondary N) is 1. The molecule has 0 aliphatic carbocycles. The van der Waals surface area contributed by atoms with Crippen LogP contribution < -0.4 is 10.1 Å². The zero-order valence-corrected chi connectivity index (χ0v) is 10.6. The highest BCUT2D eigenvalue weighted by atomic mass is 19.4. The molecule has 2 nitrogen and oxygen atoms in total. The Hall–Kier alpha value is -1.23. The number of halogens is 3. The van der Waals surface area contributed by atoms with Gasteiger partial charge in [-0.3, -0.25) is 0 Å². The van der Waals surface area contributed by atoms with E-state index in [9.17, 15) is 13.2 Å². The van der Waals surface area contributed by atoms with E-state index in [4.69, 9.17) is 4.74 Å². The molecule has 1 N–H and O–H groups in total. The van der Waals surface area contributed by atoms with E-state index in [-0.39, 0.29) is 5.56 Å². The van der Waals surface area contributed by atoms with Crippen molar-refractivity contribution >= 4 is 0 Å². The first-order valence-corrected chi connectivity index (χ1v) is 5.79. The maximum absolute atomic E-state index is 12.9. The Bertz CT molecular complexity index is 454. The van der Waals surface area contributed by atoms with Crippen LogP contribution in [0.3, 0.4) is 0 Å². The molecule has 0 radical (unpaired) electrons. The zero-order chi connectivity index (χ0) is 13.6. The topological polar surface area (TPSA) is 21.3 Å². The van der Waals surface area contributed by atoms with Crippen LogP contribution in [0.15, 0.2) is 18.2 Å². The molecule has 1 atom stereocenters. The lowest BCUT2D eigenvalue weighted by Gasteiger charge is -2.23. The first-order chi connectivity index (χ1) is 8.24. The van der Waals surface area contributed by atoms with Gasteiger partial charge in [0, 0.05) is 12.0 Å². The summed E-state index contributed by atoms with van der Waals surface area (Å²) in [7, 11) is 1.30. The minimum atomic E-state index is -4.33. The molecule has 5 heteroatoms. The third kappa shape index (κ3) is 2.32. The Morgan fingerprint density at radius 3 is 2.56 bits per heavy atom. The van der Waals surface area contributed by atoms with Crippen molar-refractivity contribution in [1.29, 1.82) is 0 Å². The van der Waals surface area contributed by atoms with Gasteiger partial charge in [-0.25, -0.2) is 0 Å². The van der Waals surface area contributed by atoms with E-state index in [1.54, 1.807) is 6.07 Å². The molecule has 0 saturated carbocycles. The number of alkyl halides is 3. The fourth-order valence-corrected chi connectivity index (χ4v) is 2.36. The largest absolute Gasteiger partial charge is 0.487 e. The summed E-state index contributed by atoms with van der Waals surface area (Å²) < 4.78 is 44.5. The first kappa shape index (κ1) is 13.2. The number of para-hydroxylation sites is 1. The van der Waals surface area contributed by atoms with Gasteiger partial charge in [0.1, 0.15) is 17.4 Å². The van der Waals surface area contributed by atoms with Gasteiger partial charge in [-0.2, -0.15) is 13.2 Å². The molecule has 0 fully saturated rings. The van der Waals surface area contributed by atoms with Crippen molar-refractivity contribution in [3.63, 3.8) is 0 Å². The molecule has 18 heavy (non-hydrogen) atoms. The average molecular weight is 259 g/mol. The SMILES string of the molecule is CNC(c1cccc2c1OC(C)(C)C2)C(F)(F)F. The Kier molecular flexibility index (Phi) is 3.05. The second-order valence-corrected chi connectivity index (χ2v) is 5.14. The number of hydrogen-bond donors (Lipinski definition) is 1. The second-order valence-electron chi connectivity index (χ2n) is 5.14. The van der Waals surface area contributed by atoms with Crippen molar-refractivity contribution in [1.82, 2.24) is 5.32 Å². The van der Waals surface area contributed by atoms with Gasteiger partial charge in [0.05, 0.1) is 0 Å². The number of ether oxygens (including phenoxy) is 1. The number of benzene rings is 1. The minimum absolute atomic E-state index is 0.160. The lowest BCUT2D eigenvalue weighted by Crippen LogP contribution is -2.32. The fraction of sp³-hybridized carbons (Fsp3) is 0.538. The Morgan fingerprint density at radius 2 is 2.00 bits per heavy atom. The third-order valence-electron chi connectivity index (χ3n) is 3.05.